The van der Waals surface area contributed by atoms with E-state index >= 15 is 0 Å². The Labute approximate surface area is 81.6 Å². The molecule has 0 unspecified atom stereocenters. The topological polar surface area (TPSA) is 18.5 Å². The van der Waals surface area contributed by atoms with E-state index in [1.165, 1.54) is 0 Å². The lowest BCUT2D eigenvalue weighted by Crippen LogP contribution is -1.94. The van der Waals surface area contributed by atoms with Gasteiger partial charge in [-0.15, -0.1) is 0 Å². The fraction of sp³-hybridized carbons (Fsp3) is 0.455. The molecule has 0 saturated carbocycles. The summed E-state index contributed by atoms with van der Waals surface area (Å²) in [6.07, 6.45) is 5.24. The van der Waals surface area contributed by atoms with Crippen molar-refractivity contribution in [1.29, 1.82) is 0 Å². The van der Waals surface area contributed by atoms with Gasteiger partial charge in [0.2, 0.25) is 0 Å². The molecule has 0 aromatic rings. The lowest BCUT2D eigenvalue weighted by molar-refractivity contribution is 0.220. The van der Waals surface area contributed by atoms with Gasteiger partial charge in [0.25, 0.3) is 0 Å². The van der Waals surface area contributed by atoms with Crippen LogP contribution in [0.2, 0.25) is 0 Å². The lowest BCUT2D eigenvalue weighted by Gasteiger charge is -2.07. The van der Waals surface area contributed by atoms with Crippen molar-refractivity contribution in [2.75, 3.05) is 14.2 Å². The van der Waals surface area contributed by atoms with Crippen LogP contribution in [0.5, 0.6) is 0 Å². The quantitative estimate of drug-likeness (QED) is 0.493. The Hall–Kier alpha value is -1.18. The summed E-state index contributed by atoms with van der Waals surface area (Å²) in [5.74, 6) is 1.40. The zero-order valence-electron chi connectivity index (χ0n) is 9.26. The van der Waals surface area contributed by atoms with Crippen molar-refractivity contribution in [3.8, 4) is 0 Å². The Balaban J connectivity index is 0. The molecule has 0 rings (SSSR count). The van der Waals surface area contributed by atoms with Gasteiger partial charge in [-0.05, 0) is 19.1 Å². The van der Waals surface area contributed by atoms with Crippen molar-refractivity contribution in [3.63, 3.8) is 0 Å². The molecule has 2 heteroatoms. The maximum absolute atomic E-state index is 5.03. The minimum absolute atomic E-state index is 0.685. The molecule has 0 aromatic heterocycles. The fourth-order valence-corrected chi connectivity index (χ4v) is 0.719. The molecule has 0 saturated heterocycles. The molecule has 0 N–H and O–H groups in total. The third-order valence-corrected chi connectivity index (χ3v) is 1.21. The first kappa shape index (κ1) is 14.3. The second kappa shape index (κ2) is 10.8. The van der Waals surface area contributed by atoms with Crippen molar-refractivity contribution < 1.29 is 9.47 Å². The van der Waals surface area contributed by atoms with Gasteiger partial charge >= 0.3 is 0 Å². The molecule has 0 aliphatic carbocycles. The Bertz CT molecular complexity index is 179. The van der Waals surface area contributed by atoms with E-state index in [0.29, 0.717) is 11.5 Å². The van der Waals surface area contributed by atoms with Gasteiger partial charge in [-0.3, -0.25) is 0 Å². The summed E-state index contributed by atoms with van der Waals surface area (Å²) in [6.45, 7) is 9.44. The zero-order chi connectivity index (χ0) is 10.7. The van der Waals surface area contributed by atoms with Gasteiger partial charge in [-0.1, -0.05) is 26.5 Å². The van der Waals surface area contributed by atoms with E-state index in [-0.39, 0.29) is 0 Å². The maximum Gasteiger partial charge on any atom is 0.160 e. The molecule has 76 valence electrons. The summed E-state index contributed by atoms with van der Waals surface area (Å²) in [5.41, 5.74) is 0. The molecule has 0 atom stereocenters. The molecular weight excluding hydrogens is 164 g/mol. The monoisotopic (exact) mass is 184 g/mol. The number of rotatable bonds is 4. The van der Waals surface area contributed by atoms with E-state index in [1.807, 2.05) is 26.8 Å². The van der Waals surface area contributed by atoms with Crippen LogP contribution in [0.15, 0.2) is 36.3 Å². The van der Waals surface area contributed by atoms with Crippen LogP contribution < -0.4 is 0 Å². The predicted molar refractivity (Wildman–Crippen MR) is 57.4 cm³/mol. The highest BCUT2D eigenvalue weighted by Crippen LogP contribution is 2.10. The summed E-state index contributed by atoms with van der Waals surface area (Å²) in [7, 11) is 3.20. The first-order valence-corrected chi connectivity index (χ1v) is 4.37. The minimum atomic E-state index is 0.685. The standard InChI is InChI=1S/C9H14O2.C2H6/c1-5-7-9(11-4)8(6-2)10-3;1-2/h5-7H,1H2,2-4H3;1-2H3/b8-6+,9-7+;. The van der Waals surface area contributed by atoms with Gasteiger partial charge in [-0.25, -0.2) is 0 Å². The maximum atomic E-state index is 5.03. The van der Waals surface area contributed by atoms with Crippen LogP contribution in [0.1, 0.15) is 20.8 Å². The van der Waals surface area contributed by atoms with Gasteiger partial charge in [0.1, 0.15) is 0 Å². The number of ether oxygens (including phenoxy) is 2. The molecule has 0 radical (unpaired) electrons. The molecule has 2 nitrogen and oxygen atoms in total. The van der Waals surface area contributed by atoms with Gasteiger partial charge in [0.05, 0.1) is 14.2 Å². The van der Waals surface area contributed by atoms with Crippen LogP contribution in [0.25, 0.3) is 0 Å². The van der Waals surface area contributed by atoms with Gasteiger partial charge in [0, 0.05) is 0 Å². The number of hydrogen-bond donors (Lipinski definition) is 0. The molecule has 0 bridgehead atoms. The summed E-state index contributed by atoms with van der Waals surface area (Å²) in [4.78, 5) is 0. The molecule has 0 amide bonds. The predicted octanol–water partition coefficient (Wildman–Crippen LogP) is 3.28. The Morgan fingerprint density at radius 1 is 1.08 bits per heavy atom. The van der Waals surface area contributed by atoms with Crippen LogP contribution >= 0.6 is 0 Å². The highest BCUT2D eigenvalue weighted by atomic mass is 16.5. The third kappa shape index (κ3) is 6.02. The van der Waals surface area contributed by atoms with Crippen LogP contribution in [-0.2, 0) is 9.47 Å². The summed E-state index contributed by atoms with van der Waals surface area (Å²) in [6, 6.07) is 0. The highest BCUT2D eigenvalue weighted by molar-refractivity contribution is 5.22. The number of allylic oxidation sites excluding steroid dienone is 3. The van der Waals surface area contributed by atoms with Crippen LogP contribution in [-0.4, -0.2) is 14.2 Å². The molecule has 0 spiro atoms. The van der Waals surface area contributed by atoms with E-state index in [2.05, 4.69) is 6.58 Å². The average Bonchev–Trinajstić information content (AvgIpc) is 2.21. The SMILES string of the molecule is C=C/C=C(OC)\C(=C/C)OC.CC. The highest BCUT2D eigenvalue weighted by Gasteiger charge is 2.00. The lowest BCUT2D eigenvalue weighted by atomic mass is 10.3. The van der Waals surface area contributed by atoms with Crippen molar-refractivity contribution in [1.82, 2.24) is 0 Å². The average molecular weight is 184 g/mol. The van der Waals surface area contributed by atoms with E-state index in [0.717, 1.165) is 0 Å². The molecular formula is C11H20O2. The number of hydrogen-bond acceptors (Lipinski definition) is 2. The van der Waals surface area contributed by atoms with Gasteiger partial charge in [-0.2, -0.15) is 0 Å². The largest absolute Gasteiger partial charge is 0.493 e. The van der Waals surface area contributed by atoms with E-state index in [4.69, 9.17) is 9.47 Å². The first-order chi connectivity index (χ1) is 6.29. The molecule has 0 fully saturated rings. The van der Waals surface area contributed by atoms with Crippen LogP contribution in [0, 0.1) is 0 Å². The fourth-order valence-electron chi connectivity index (χ4n) is 0.719. The molecule has 0 aliphatic heterocycles. The minimum Gasteiger partial charge on any atom is -0.493 e. The van der Waals surface area contributed by atoms with Crippen LogP contribution in [0.3, 0.4) is 0 Å². The Morgan fingerprint density at radius 3 is 1.77 bits per heavy atom. The molecule has 0 heterocycles. The van der Waals surface area contributed by atoms with Crippen molar-refractivity contribution in [3.05, 3.63) is 36.3 Å². The molecule has 0 aliphatic rings. The Kier molecular flexibility index (Phi) is 11.9. The van der Waals surface area contributed by atoms with E-state index < -0.39 is 0 Å². The van der Waals surface area contributed by atoms with Crippen molar-refractivity contribution in [2.24, 2.45) is 0 Å². The van der Waals surface area contributed by atoms with Crippen molar-refractivity contribution in [2.45, 2.75) is 20.8 Å². The smallest absolute Gasteiger partial charge is 0.160 e. The first-order valence-electron chi connectivity index (χ1n) is 4.37. The second-order valence-electron chi connectivity index (χ2n) is 1.83. The summed E-state index contributed by atoms with van der Waals surface area (Å²) in [5, 5.41) is 0. The molecule has 0 aromatic carbocycles. The third-order valence-electron chi connectivity index (χ3n) is 1.21. The molecule has 13 heavy (non-hydrogen) atoms. The van der Waals surface area contributed by atoms with Gasteiger partial charge in [0.15, 0.2) is 11.5 Å². The summed E-state index contributed by atoms with van der Waals surface area (Å²) >= 11 is 0. The number of methoxy groups -OCH3 is 2. The summed E-state index contributed by atoms with van der Waals surface area (Å²) < 4.78 is 10.1. The van der Waals surface area contributed by atoms with E-state index in [1.54, 1.807) is 26.4 Å². The normalized spacial score (nSPS) is 11.2. The van der Waals surface area contributed by atoms with Crippen LogP contribution in [0.4, 0.5) is 0 Å². The Morgan fingerprint density at radius 2 is 1.54 bits per heavy atom. The van der Waals surface area contributed by atoms with Gasteiger partial charge < -0.3 is 9.47 Å². The van der Waals surface area contributed by atoms with E-state index in [9.17, 15) is 0 Å². The second-order valence-corrected chi connectivity index (χ2v) is 1.83. The van der Waals surface area contributed by atoms with Crippen molar-refractivity contribution >= 4 is 0 Å². The zero-order valence-corrected chi connectivity index (χ0v) is 9.26.